The SMILES string of the molecule is CC(C)NC(=O)CSc1ccccc1C(=O)NNC(=O)COc1ccccc1F. The molecule has 0 saturated carbocycles. The first-order valence-corrected chi connectivity index (χ1v) is 9.83. The molecule has 7 nitrogen and oxygen atoms in total. The molecule has 0 saturated heterocycles. The molecule has 0 aliphatic carbocycles. The molecule has 2 aromatic carbocycles. The number of amides is 3. The second kappa shape index (κ2) is 11.1. The molecule has 9 heteroatoms. The molecule has 2 aromatic rings. The molecule has 0 aliphatic heterocycles. The van der Waals surface area contributed by atoms with Crippen molar-refractivity contribution in [2.75, 3.05) is 12.4 Å². The summed E-state index contributed by atoms with van der Waals surface area (Å²) in [6.45, 7) is 3.26. The van der Waals surface area contributed by atoms with E-state index in [0.717, 1.165) is 0 Å². The number of carbonyl (C=O) groups excluding carboxylic acids is 3. The summed E-state index contributed by atoms with van der Waals surface area (Å²) in [7, 11) is 0. The maximum absolute atomic E-state index is 13.5. The first kappa shape index (κ1) is 22.2. The van der Waals surface area contributed by atoms with Crippen LogP contribution in [0.2, 0.25) is 0 Å². The molecule has 3 N–H and O–H groups in total. The van der Waals surface area contributed by atoms with Crippen LogP contribution in [0, 0.1) is 5.82 Å². The first-order chi connectivity index (χ1) is 13.9. The Morgan fingerprint density at radius 1 is 1.00 bits per heavy atom. The van der Waals surface area contributed by atoms with Gasteiger partial charge in [-0.2, -0.15) is 0 Å². The summed E-state index contributed by atoms with van der Waals surface area (Å²) in [6, 6.07) is 12.4. The van der Waals surface area contributed by atoms with Gasteiger partial charge in [-0.05, 0) is 38.1 Å². The van der Waals surface area contributed by atoms with Crippen molar-refractivity contribution < 1.29 is 23.5 Å². The van der Waals surface area contributed by atoms with Crippen LogP contribution < -0.4 is 20.9 Å². The summed E-state index contributed by atoms with van der Waals surface area (Å²) in [6.07, 6.45) is 0. The topological polar surface area (TPSA) is 96.5 Å². The van der Waals surface area contributed by atoms with Crippen LogP contribution in [-0.2, 0) is 9.59 Å². The van der Waals surface area contributed by atoms with Gasteiger partial charge in [-0.3, -0.25) is 25.2 Å². The van der Waals surface area contributed by atoms with Gasteiger partial charge in [0.05, 0.1) is 11.3 Å². The number of halogens is 1. The Morgan fingerprint density at radius 2 is 1.69 bits per heavy atom. The molecule has 0 fully saturated rings. The lowest BCUT2D eigenvalue weighted by Gasteiger charge is -2.12. The van der Waals surface area contributed by atoms with Crippen LogP contribution in [-0.4, -0.2) is 36.1 Å². The fourth-order valence-corrected chi connectivity index (χ4v) is 3.08. The van der Waals surface area contributed by atoms with Crippen molar-refractivity contribution in [1.29, 1.82) is 0 Å². The van der Waals surface area contributed by atoms with Gasteiger partial charge in [0.2, 0.25) is 5.91 Å². The summed E-state index contributed by atoms with van der Waals surface area (Å²) in [5.41, 5.74) is 4.81. The van der Waals surface area contributed by atoms with E-state index < -0.39 is 24.2 Å². The van der Waals surface area contributed by atoms with E-state index >= 15 is 0 Å². The highest BCUT2D eigenvalue weighted by Crippen LogP contribution is 2.22. The minimum absolute atomic E-state index is 0.0310. The van der Waals surface area contributed by atoms with Crippen LogP contribution >= 0.6 is 11.8 Å². The van der Waals surface area contributed by atoms with Crippen LogP contribution in [0.25, 0.3) is 0 Å². The second-order valence-electron chi connectivity index (χ2n) is 6.23. The van der Waals surface area contributed by atoms with Gasteiger partial charge >= 0.3 is 0 Å². The largest absolute Gasteiger partial charge is 0.481 e. The van der Waals surface area contributed by atoms with Crippen molar-refractivity contribution in [3.05, 3.63) is 59.9 Å². The Hall–Kier alpha value is -3.07. The highest BCUT2D eigenvalue weighted by molar-refractivity contribution is 8.00. The lowest BCUT2D eigenvalue weighted by atomic mass is 10.2. The van der Waals surface area contributed by atoms with Crippen molar-refractivity contribution in [3.8, 4) is 5.75 Å². The molecule has 0 bridgehead atoms. The Bertz CT molecular complexity index is 876. The number of ether oxygens (including phenoxy) is 1. The zero-order chi connectivity index (χ0) is 21.2. The molecule has 3 amide bonds. The van der Waals surface area contributed by atoms with Gasteiger partial charge in [0.1, 0.15) is 0 Å². The molecular formula is C20H22FN3O4S. The highest BCUT2D eigenvalue weighted by Gasteiger charge is 2.14. The van der Waals surface area contributed by atoms with E-state index in [4.69, 9.17) is 4.74 Å². The number of rotatable bonds is 8. The maximum atomic E-state index is 13.5. The zero-order valence-electron chi connectivity index (χ0n) is 16.0. The van der Waals surface area contributed by atoms with Gasteiger partial charge in [0.15, 0.2) is 18.2 Å². The predicted octanol–water partition coefficient (Wildman–Crippen LogP) is 2.28. The van der Waals surface area contributed by atoms with E-state index in [-0.39, 0.29) is 23.5 Å². The number of hydrazine groups is 1. The van der Waals surface area contributed by atoms with Crippen molar-refractivity contribution in [3.63, 3.8) is 0 Å². The van der Waals surface area contributed by atoms with Crippen LogP contribution in [0.1, 0.15) is 24.2 Å². The van der Waals surface area contributed by atoms with Gasteiger partial charge in [-0.25, -0.2) is 4.39 Å². The molecule has 0 aromatic heterocycles. The summed E-state index contributed by atoms with van der Waals surface area (Å²) in [4.78, 5) is 36.6. The third kappa shape index (κ3) is 7.46. The van der Waals surface area contributed by atoms with Crippen molar-refractivity contribution in [2.45, 2.75) is 24.8 Å². The fourth-order valence-electron chi connectivity index (χ4n) is 2.22. The summed E-state index contributed by atoms with van der Waals surface area (Å²) >= 11 is 1.22. The van der Waals surface area contributed by atoms with E-state index in [2.05, 4.69) is 16.2 Å². The number of para-hydroxylation sites is 1. The molecule has 29 heavy (non-hydrogen) atoms. The molecule has 0 atom stereocenters. The predicted molar refractivity (Wildman–Crippen MR) is 108 cm³/mol. The lowest BCUT2D eigenvalue weighted by Crippen LogP contribution is -2.44. The maximum Gasteiger partial charge on any atom is 0.276 e. The third-order valence-corrected chi connectivity index (χ3v) is 4.52. The third-order valence-electron chi connectivity index (χ3n) is 3.45. The van der Waals surface area contributed by atoms with Gasteiger partial charge in [-0.1, -0.05) is 24.3 Å². The first-order valence-electron chi connectivity index (χ1n) is 8.84. The monoisotopic (exact) mass is 419 g/mol. The zero-order valence-corrected chi connectivity index (χ0v) is 16.8. The van der Waals surface area contributed by atoms with Gasteiger partial charge < -0.3 is 10.1 Å². The average Bonchev–Trinajstić information content (AvgIpc) is 2.69. The van der Waals surface area contributed by atoms with E-state index in [1.165, 1.54) is 30.0 Å². The molecule has 154 valence electrons. The molecule has 2 rings (SSSR count). The number of thioether (sulfide) groups is 1. The smallest absolute Gasteiger partial charge is 0.276 e. The second-order valence-corrected chi connectivity index (χ2v) is 7.25. The quantitative estimate of drug-likeness (QED) is 0.451. The van der Waals surface area contributed by atoms with Crippen LogP contribution in [0.4, 0.5) is 4.39 Å². The van der Waals surface area contributed by atoms with Crippen LogP contribution in [0.5, 0.6) is 5.75 Å². The Morgan fingerprint density at radius 3 is 2.41 bits per heavy atom. The summed E-state index contributed by atoms with van der Waals surface area (Å²) in [5.74, 6) is -1.82. The number of carbonyl (C=O) groups is 3. The van der Waals surface area contributed by atoms with Crippen molar-refractivity contribution >= 4 is 29.5 Å². The number of nitrogens with one attached hydrogen (secondary N) is 3. The average molecular weight is 419 g/mol. The number of hydrogen-bond acceptors (Lipinski definition) is 5. The van der Waals surface area contributed by atoms with Crippen LogP contribution in [0.15, 0.2) is 53.4 Å². The highest BCUT2D eigenvalue weighted by atomic mass is 32.2. The molecule has 0 radical (unpaired) electrons. The van der Waals surface area contributed by atoms with E-state index in [1.807, 2.05) is 13.8 Å². The molecule has 0 aliphatic rings. The molecule has 0 heterocycles. The Labute approximate surface area is 172 Å². The van der Waals surface area contributed by atoms with Crippen LogP contribution in [0.3, 0.4) is 0 Å². The Kier molecular flexibility index (Phi) is 8.47. The van der Waals surface area contributed by atoms with E-state index in [0.29, 0.717) is 10.5 Å². The minimum Gasteiger partial charge on any atom is -0.481 e. The van der Waals surface area contributed by atoms with E-state index in [9.17, 15) is 18.8 Å². The van der Waals surface area contributed by atoms with Gasteiger partial charge in [-0.15, -0.1) is 11.8 Å². The minimum atomic E-state index is -0.650. The van der Waals surface area contributed by atoms with E-state index in [1.54, 1.807) is 30.3 Å². The summed E-state index contributed by atoms with van der Waals surface area (Å²) < 4.78 is 18.5. The fraction of sp³-hybridized carbons (Fsp3) is 0.250. The molecule has 0 spiro atoms. The molecule has 0 unspecified atom stereocenters. The van der Waals surface area contributed by atoms with Crippen molar-refractivity contribution in [2.24, 2.45) is 0 Å². The van der Waals surface area contributed by atoms with Crippen molar-refractivity contribution in [1.82, 2.24) is 16.2 Å². The Balaban J connectivity index is 1.86. The van der Waals surface area contributed by atoms with Gasteiger partial charge in [0.25, 0.3) is 11.8 Å². The lowest BCUT2D eigenvalue weighted by molar-refractivity contribution is -0.124. The molecular weight excluding hydrogens is 397 g/mol. The normalized spacial score (nSPS) is 10.3. The van der Waals surface area contributed by atoms with Gasteiger partial charge in [0, 0.05) is 10.9 Å². The number of hydrogen-bond donors (Lipinski definition) is 3. The summed E-state index contributed by atoms with van der Waals surface area (Å²) in [5, 5.41) is 2.78. The number of benzene rings is 2. The standard InChI is InChI=1S/C20H22FN3O4S/c1-13(2)22-19(26)12-29-17-10-6-3-7-14(17)20(27)24-23-18(25)11-28-16-9-5-4-8-15(16)21/h3-10,13H,11-12H2,1-2H3,(H,22,26)(H,23,25)(H,24,27).